The first-order chi connectivity index (χ1) is 8.45. The average Bonchev–Trinajstić information content (AvgIpc) is 2.41. The molecule has 17 heavy (non-hydrogen) atoms. The van der Waals surface area contributed by atoms with Gasteiger partial charge in [-0.25, -0.2) is 0 Å². The zero-order valence-corrected chi connectivity index (χ0v) is 11.2. The highest BCUT2D eigenvalue weighted by Crippen LogP contribution is 2.22. The standard InChI is InChI=1S/C15H29N2/c1(2-4-14-6-10-16-11-7-14)3-5-15-8-12-17-13-9-15/h1,14-17H,2-13H2. The van der Waals surface area contributed by atoms with Crippen molar-refractivity contribution in [2.75, 3.05) is 26.2 Å². The minimum absolute atomic E-state index is 1.01. The fourth-order valence-electron chi connectivity index (χ4n) is 3.19. The first-order valence-electron chi connectivity index (χ1n) is 7.68. The van der Waals surface area contributed by atoms with Crippen LogP contribution in [0.5, 0.6) is 0 Å². The molecule has 2 aliphatic heterocycles. The fraction of sp³-hybridized carbons (Fsp3) is 0.933. The summed E-state index contributed by atoms with van der Waals surface area (Å²) in [5.41, 5.74) is 0. The molecule has 0 amide bonds. The minimum Gasteiger partial charge on any atom is -0.317 e. The summed E-state index contributed by atoms with van der Waals surface area (Å²) in [4.78, 5) is 0. The summed E-state index contributed by atoms with van der Waals surface area (Å²) in [7, 11) is 0. The Labute approximate surface area is 107 Å². The summed E-state index contributed by atoms with van der Waals surface area (Å²) >= 11 is 0. The van der Waals surface area contributed by atoms with E-state index in [4.69, 9.17) is 0 Å². The molecule has 0 bridgehead atoms. The first-order valence-corrected chi connectivity index (χ1v) is 7.68. The molecule has 2 heteroatoms. The van der Waals surface area contributed by atoms with E-state index in [2.05, 4.69) is 17.1 Å². The lowest BCUT2D eigenvalue weighted by Crippen LogP contribution is -2.28. The highest BCUT2D eigenvalue weighted by molar-refractivity contribution is 4.75. The summed E-state index contributed by atoms with van der Waals surface area (Å²) in [5.74, 6) is 2.01. The Kier molecular flexibility index (Phi) is 6.36. The second-order valence-corrected chi connectivity index (χ2v) is 5.83. The molecule has 0 unspecified atom stereocenters. The summed E-state index contributed by atoms with van der Waals surface area (Å²) in [6, 6.07) is 0. The Morgan fingerprint density at radius 1 is 0.706 bits per heavy atom. The van der Waals surface area contributed by atoms with Crippen LogP contribution in [0.2, 0.25) is 0 Å². The van der Waals surface area contributed by atoms with Crippen LogP contribution >= 0.6 is 0 Å². The predicted molar refractivity (Wildman–Crippen MR) is 74.0 cm³/mol. The molecule has 2 aliphatic rings. The van der Waals surface area contributed by atoms with Crippen molar-refractivity contribution in [3.05, 3.63) is 6.42 Å². The molecule has 0 aliphatic carbocycles. The SMILES string of the molecule is [CH](CCC1CCNCC1)CCC1CCNCC1. The smallest absolute Gasteiger partial charge is 0.00463 e. The Bertz CT molecular complexity index is 161. The number of unbranched alkanes of at least 4 members (excludes halogenated alkanes) is 2. The van der Waals surface area contributed by atoms with E-state index < -0.39 is 0 Å². The summed E-state index contributed by atoms with van der Waals surface area (Å²) in [6.45, 7) is 5.00. The van der Waals surface area contributed by atoms with Crippen LogP contribution in [0, 0.1) is 18.3 Å². The van der Waals surface area contributed by atoms with Gasteiger partial charge in [-0.05, 0) is 83.0 Å². The molecular weight excluding hydrogens is 208 g/mol. The largest absolute Gasteiger partial charge is 0.317 e. The quantitative estimate of drug-likeness (QED) is 0.694. The van der Waals surface area contributed by atoms with Crippen molar-refractivity contribution in [1.29, 1.82) is 0 Å². The lowest BCUT2D eigenvalue weighted by atomic mass is 9.89. The van der Waals surface area contributed by atoms with Gasteiger partial charge in [0.05, 0.1) is 0 Å². The molecule has 2 rings (SSSR count). The van der Waals surface area contributed by atoms with Gasteiger partial charge < -0.3 is 10.6 Å². The zero-order valence-electron chi connectivity index (χ0n) is 11.2. The van der Waals surface area contributed by atoms with Crippen molar-refractivity contribution in [2.45, 2.75) is 51.4 Å². The van der Waals surface area contributed by atoms with Gasteiger partial charge in [-0.2, -0.15) is 0 Å². The minimum atomic E-state index is 1.01. The van der Waals surface area contributed by atoms with Crippen LogP contribution in [-0.4, -0.2) is 26.2 Å². The second kappa shape index (κ2) is 8.10. The van der Waals surface area contributed by atoms with E-state index in [-0.39, 0.29) is 0 Å². The predicted octanol–water partition coefficient (Wildman–Crippen LogP) is 2.75. The van der Waals surface area contributed by atoms with E-state index in [9.17, 15) is 0 Å². The van der Waals surface area contributed by atoms with Crippen LogP contribution < -0.4 is 10.6 Å². The van der Waals surface area contributed by atoms with E-state index in [0.717, 1.165) is 11.8 Å². The molecule has 2 N–H and O–H groups in total. The number of nitrogens with one attached hydrogen (secondary N) is 2. The first kappa shape index (κ1) is 13.4. The van der Waals surface area contributed by atoms with Gasteiger partial charge in [0.2, 0.25) is 0 Å². The van der Waals surface area contributed by atoms with Crippen LogP contribution in [0.4, 0.5) is 0 Å². The van der Waals surface area contributed by atoms with Crippen molar-refractivity contribution in [3.63, 3.8) is 0 Å². The Morgan fingerprint density at radius 2 is 1.12 bits per heavy atom. The van der Waals surface area contributed by atoms with Gasteiger partial charge in [-0.3, -0.25) is 0 Å². The van der Waals surface area contributed by atoms with Crippen molar-refractivity contribution < 1.29 is 0 Å². The van der Waals surface area contributed by atoms with Crippen LogP contribution in [0.3, 0.4) is 0 Å². The van der Waals surface area contributed by atoms with Crippen molar-refractivity contribution in [3.8, 4) is 0 Å². The highest BCUT2D eigenvalue weighted by atomic mass is 14.9. The van der Waals surface area contributed by atoms with Gasteiger partial charge in [-0.1, -0.05) is 12.8 Å². The molecule has 1 radical (unpaired) electrons. The van der Waals surface area contributed by atoms with Crippen molar-refractivity contribution in [2.24, 2.45) is 11.8 Å². The molecule has 2 fully saturated rings. The maximum atomic E-state index is 3.44. The zero-order chi connectivity index (χ0) is 11.8. The highest BCUT2D eigenvalue weighted by Gasteiger charge is 2.14. The molecule has 0 spiro atoms. The van der Waals surface area contributed by atoms with E-state index >= 15 is 0 Å². The van der Waals surface area contributed by atoms with Crippen LogP contribution in [0.15, 0.2) is 0 Å². The van der Waals surface area contributed by atoms with Gasteiger partial charge in [0.15, 0.2) is 0 Å². The Balaban J connectivity index is 1.42. The van der Waals surface area contributed by atoms with Gasteiger partial charge in [-0.15, -0.1) is 0 Å². The third kappa shape index (κ3) is 5.39. The Morgan fingerprint density at radius 3 is 1.53 bits per heavy atom. The fourth-order valence-corrected chi connectivity index (χ4v) is 3.19. The molecule has 0 saturated carbocycles. The topological polar surface area (TPSA) is 24.1 Å². The summed E-state index contributed by atoms with van der Waals surface area (Å²) in [5, 5.41) is 6.89. The van der Waals surface area contributed by atoms with Gasteiger partial charge >= 0.3 is 0 Å². The molecular formula is C15H29N2. The molecule has 2 saturated heterocycles. The molecule has 0 aromatic heterocycles. The third-order valence-corrected chi connectivity index (χ3v) is 4.48. The van der Waals surface area contributed by atoms with Crippen LogP contribution in [-0.2, 0) is 0 Å². The number of hydrogen-bond acceptors (Lipinski definition) is 2. The Hall–Kier alpha value is -0.0800. The summed E-state index contributed by atoms with van der Waals surface area (Å²) < 4.78 is 0. The number of rotatable bonds is 6. The monoisotopic (exact) mass is 237 g/mol. The third-order valence-electron chi connectivity index (χ3n) is 4.48. The molecule has 2 nitrogen and oxygen atoms in total. The molecule has 0 atom stereocenters. The number of piperidine rings is 2. The van der Waals surface area contributed by atoms with E-state index in [0.29, 0.717) is 0 Å². The molecule has 99 valence electrons. The van der Waals surface area contributed by atoms with E-state index in [1.54, 1.807) is 0 Å². The number of hydrogen-bond donors (Lipinski definition) is 2. The van der Waals surface area contributed by atoms with E-state index in [1.165, 1.54) is 77.5 Å². The normalized spacial score (nSPS) is 24.0. The maximum absolute atomic E-state index is 3.44. The molecule has 2 heterocycles. The second-order valence-electron chi connectivity index (χ2n) is 5.83. The average molecular weight is 237 g/mol. The van der Waals surface area contributed by atoms with Crippen molar-refractivity contribution >= 4 is 0 Å². The lowest BCUT2D eigenvalue weighted by molar-refractivity contribution is 0.341. The van der Waals surface area contributed by atoms with Gasteiger partial charge in [0.25, 0.3) is 0 Å². The van der Waals surface area contributed by atoms with Gasteiger partial charge in [0, 0.05) is 0 Å². The lowest BCUT2D eigenvalue weighted by Gasteiger charge is -2.23. The molecule has 0 aromatic rings. The van der Waals surface area contributed by atoms with Crippen molar-refractivity contribution in [1.82, 2.24) is 10.6 Å². The molecule has 0 aromatic carbocycles. The van der Waals surface area contributed by atoms with Crippen LogP contribution in [0.25, 0.3) is 0 Å². The van der Waals surface area contributed by atoms with Gasteiger partial charge in [0.1, 0.15) is 0 Å². The maximum Gasteiger partial charge on any atom is -0.00463 e. The van der Waals surface area contributed by atoms with E-state index in [1.807, 2.05) is 0 Å². The summed E-state index contributed by atoms with van der Waals surface area (Å²) in [6.07, 6.45) is 13.8. The van der Waals surface area contributed by atoms with Crippen LogP contribution in [0.1, 0.15) is 51.4 Å².